The molecule has 0 saturated heterocycles. The molecule has 0 unspecified atom stereocenters. The molecule has 0 aliphatic carbocycles. The van der Waals surface area contributed by atoms with Gasteiger partial charge in [0, 0.05) is 34.9 Å². The second-order valence-corrected chi connectivity index (χ2v) is 7.72. The number of nitrogens with one attached hydrogen (secondary N) is 1. The number of rotatable bonds is 5. The molecule has 0 spiro atoms. The average molecular weight is 448 g/mol. The molecule has 4 rings (SSSR count). The van der Waals surface area contributed by atoms with Gasteiger partial charge in [-0.2, -0.15) is 0 Å². The Labute approximate surface area is 182 Å². The minimum Gasteiger partial charge on any atom is -0.370 e. The maximum atomic E-state index is 6.21. The zero-order chi connectivity index (χ0) is 20.5. The number of nitrogens with two attached hydrogens (primary N) is 2. The zero-order valence-corrected chi connectivity index (χ0v) is 17.4. The van der Waals surface area contributed by atoms with Crippen molar-refractivity contribution in [3.8, 4) is 0 Å². The van der Waals surface area contributed by atoms with E-state index in [0.717, 1.165) is 33.3 Å². The van der Waals surface area contributed by atoms with Crippen molar-refractivity contribution >= 4 is 74.1 Å². The molecule has 4 aromatic rings. The largest absolute Gasteiger partial charge is 0.370 e. The third-order valence-corrected chi connectivity index (χ3v) is 5.44. The first-order chi connectivity index (χ1) is 13.9. The van der Waals surface area contributed by atoms with Gasteiger partial charge >= 0.3 is 0 Å². The van der Waals surface area contributed by atoms with Gasteiger partial charge in [-0.25, -0.2) is 4.98 Å². The summed E-state index contributed by atoms with van der Waals surface area (Å²) in [7, 11) is 0. The predicted molar refractivity (Wildman–Crippen MR) is 123 cm³/mol. The molecule has 29 heavy (non-hydrogen) atoms. The quantitative estimate of drug-likeness (QED) is 0.291. The van der Waals surface area contributed by atoms with E-state index in [2.05, 4.69) is 25.9 Å². The lowest BCUT2D eigenvalue weighted by Gasteiger charge is -2.09. The van der Waals surface area contributed by atoms with Crippen molar-refractivity contribution in [3.63, 3.8) is 0 Å². The lowest BCUT2D eigenvalue weighted by atomic mass is 10.1. The Bertz CT molecular complexity index is 1240. The second kappa shape index (κ2) is 7.99. The standard InChI is InChI=1S/C20H17Cl3N6/c21-11-7-15-14-8-12(28-13-1-3-16(22)17(23)9-13)2-4-18(14)29(19(15)27-10-11)6-5-26-20(24)25/h1-4,7-10,28H,5-6H2,(H4,24,25,26). The molecule has 2 aromatic heterocycles. The number of aliphatic imine (C=N–C) groups is 1. The topological polar surface area (TPSA) is 94.3 Å². The summed E-state index contributed by atoms with van der Waals surface area (Å²) in [5, 5.41) is 6.90. The van der Waals surface area contributed by atoms with Gasteiger partial charge in [0.1, 0.15) is 5.65 Å². The van der Waals surface area contributed by atoms with E-state index in [1.165, 1.54) is 0 Å². The second-order valence-electron chi connectivity index (χ2n) is 6.47. The molecule has 0 fully saturated rings. The fourth-order valence-corrected chi connectivity index (χ4v) is 3.73. The molecule has 0 aliphatic heterocycles. The van der Waals surface area contributed by atoms with Crippen LogP contribution in [-0.4, -0.2) is 22.1 Å². The number of hydrogen-bond acceptors (Lipinski definition) is 3. The Hall–Kier alpha value is -2.67. The highest BCUT2D eigenvalue weighted by Gasteiger charge is 2.13. The normalized spacial score (nSPS) is 11.1. The molecule has 0 atom stereocenters. The van der Waals surface area contributed by atoms with Gasteiger partial charge in [0.05, 0.1) is 27.1 Å². The predicted octanol–water partition coefficient (Wildman–Crippen LogP) is 5.17. The third-order valence-electron chi connectivity index (χ3n) is 4.49. The van der Waals surface area contributed by atoms with Crippen LogP contribution in [0.1, 0.15) is 0 Å². The number of guanidine groups is 1. The minimum absolute atomic E-state index is 0.0647. The van der Waals surface area contributed by atoms with Crippen LogP contribution in [0.25, 0.3) is 21.9 Å². The summed E-state index contributed by atoms with van der Waals surface area (Å²) in [5.74, 6) is 0.0647. The Morgan fingerprint density at radius 3 is 2.48 bits per heavy atom. The number of nitrogens with zero attached hydrogens (tertiary/aromatic N) is 3. The van der Waals surface area contributed by atoms with Crippen molar-refractivity contribution in [2.24, 2.45) is 16.5 Å². The summed E-state index contributed by atoms with van der Waals surface area (Å²) >= 11 is 18.3. The van der Waals surface area contributed by atoms with Crippen molar-refractivity contribution in [3.05, 3.63) is 63.7 Å². The minimum atomic E-state index is 0.0647. The SMILES string of the molecule is NC(N)=NCCn1c2ccc(Nc3ccc(Cl)c(Cl)c3)cc2c2cc(Cl)cnc21. The number of halogens is 3. The van der Waals surface area contributed by atoms with Gasteiger partial charge in [-0.05, 0) is 42.5 Å². The number of benzene rings is 2. The Morgan fingerprint density at radius 2 is 1.72 bits per heavy atom. The molecule has 0 aliphatic rings. The van der Waals surface area contributed by atoms with Gasteiger partial charge in [0.15, 0.2) is 5.96 Å². The van der Waals surface area contributed by atoms with E-state index in [9.17, 15) is 0 Å². The van der Waals surface area contributed by atoms with E-state index in [-0.39, 0.29) is 5.96 Å². The molecular weight excluding hydrogens is 431 g/mol. The van der Waals surface area contributed by atoms with Gasteiger partial charge in [-0.15, -0.1) is 0 Å². The summed E-state index contributed by atoms with van der Waals surface area (Å²) in [4.78, 5) is 8.60. The van der Waals surface area contributed by atoms with E-state index in [0.29, 0.717) is 28.2 Å². The fourth-order valence-electron chi connectivity index (χ4n) is 3.27. The van der Waals surface area contributed by atoms with E-state index in [4.69, 9.17) is 46.3 Å². The highest BCUT2D eigenvalue weighted by atomic mass is 35.5. The van der Waals surface area contributed by atoms with Crippen LogP contribution in [0.2, 0.25) is 15.1 Å². The van der Waals surface area contributed by atoms with E-state index in [1.54, 1.807) is 18.3 Å². The van der Waals surface area contributed by atoms with E-state index >= 15 is 0 Å². The highest BCUT2D eigenvalue weighted by molar-refractivity contribution is 6.42. The van der Waals surface area contributed by atoms with Crippen LogP contribution >= 0.6 is 34.8 Å². The van der Waals surface area contributed by atoms with Gasteiger partial charge < -0.3 is 21.4 Å². The maximum Gasteiger partial charge on any atom is 0.185 e. The van der Waals surface area contributed by atoms with Crippen LogP contribution in [0.3, 0.4) is 0 Å². The Morgan fingerprint density at radius 1 is 0.966 bits per heavy atom. The summed E-state index contributed by atoms with van der Waals surface area (Å²) in [6, 6.07) is 13.4. The number of aromatic nitrogens is 2. The molecular formula is C20H17Cl3N6. The molecule has 0 radical (unpaired) electrons. The van der Waals surface area contributed by atoms with Gasteiger partial charge in [-0.3, -0.25) is 4.99 Å². The molecule has 148 valence electrons. The zero-order valence-electron chi connectivity index (χ0n) is 15.2. The first-order valence-corrected chi connectivity index (χ1v) is 9.91. The molecule has 5 N–H and O–H groups in total. The van der Waals surface area contributed by atoms with Crippen molar-refractivity contribution in [1.29, 1.82) is 0 Å². The van der Waals surface area contributed by atoms with Crippen molar-refractivity contribution in [2.45, 2.75) is 6.54 Å². The lowest BCUT2D eigenvalue weighted by molar-refractivity contribution is 0.750. The van der Waals surface area contributed by atoms with Crippen LogP contribution in [0, 0.1) is 0 Å². The van der Waals surface area contributed by atoms with E-state index < -0.39 is 0 Å². The molecule has 2 heterocycles. The Kier molecular flexibility index (Phi) is 5.41. The Balaban J connectivity index is 1.78. The van der Waals surface area contributed by atoms with Crippen LogP contribution in [0.5, 0.6) is 0 Å². The van der Waals surface area contributed by atoms with Crippen LogP contribution in [0.15, 0.2) is 53.7 Å². The fraction of sp³-hybridized carbons (Fsp3) is 0.100. The smallest absolute Gasteiger partial charge is 0.185 e. The molecule has 6 nitrogen and oxygen atoms in total. The van der Waals surface area contributed by atoms with Crippen molar-refractivity contribution < 1.29 is 0 Å². The first kappa shape index (κ1) is 19.6. The van der Waals surface area contributed by atoms with Crippen molar-refractivity contribution in [2.75, 3.05) is 11.9 Å². The first-order valence-electron chi connectivity index (χ1n) is 8.77. The third kappa shape index (κ3) is 4.05. The van der Waals surface area contributed by atoms with Gasteiger partial charge in [-0.1, -0.05) is 34.8 Å². The average Bonchev–Trinajstić information content (AvgIpc) is 2.97. The monoisotopic (exact) mass is 446 g/mol. The van der Waals surface area contributed by atoms with Crippen LogP contribution in [-0.2, 0) is 6.54 Å². The van der Waals surface area contributed by atoms with Crippen LogP contribution < -0.4 is 16.8 Å². The lowest BCUT2D eigenvalue weighted by Crippen LogP contribution is -2.23. The maximum absolute atomic E-state index is 6.21. The van der Waals surface area contributed by atoms with Gasteiger partial charge in [0.2, 0.25) is 0 Å². The number of pyridine rings is 1. The van der Waals surface area contributed by atoms with Gasteiger partial charge in [0.25, 0.3) is 0 Å². The number of hydrogen-bond donors (Lipinski definition) is 3. The summed E-state index contributed by atoms with van der Waals surface area (Å²) < 4.78 is 2.08. The molecule has 2 aromatic carbocycles. The van der Waals surface area contributed by atoms with Crippen molar-refractivity contribution in [1.82, 2.24) is 9.55 Å². The molecule has 0 saturated carbocycles. The van der Waals surface area contributed by atoms with Crippen LogP contribution in [0.4, 0.5) is 11.4 Å². The summed E-state index contributed by atoms with van der Waals surface area (Å²) in [5.41, 5.74) is 14.5. The summed E-state index contributed by atoms with van der Waals surface area (Å²) in [6.45, 7) is 1.04. The van der Waals surface area contributed by atoms with E-state index in [1.807, 2.05) is 24.3 Å². The molecule has 0 amide bonds. The highest BCUT2D eigenvalue weighted by Crippen LogP contribution is 2.33. The molecule has 0 bridgehead atoms. The number of anilines is 2. The molecule has 9 heteroatoms. The summed E-state index contributed by atoms with van der Waals surface area (Å²) in [6.07, 6.45) is 1.63. The number of fused-ring (bicyclic) bond motifs is 3.